The van der Waals surface area contributed by atoms with Crippen LogP contribution in [0.5, 0.6) is 11.5 Å². The first-order valence-corrected chi connectivity index (χ1v) is 10.2. The number of nitriles is 1. The summed E-state index contributed by atoms with van der Waals surface area (Å²) in [5.41, 5.74) is 0.339. The monoisotopic (exact) mass is 445 g/mol. The van der Waals surface area contributed by atoms with Gasteiger partial charge in [-0.3, -0.25) is 4.79 Å². The molecule has 152 valence electrons. The summed E-state index contributed by atoms with van der Waals surface area (Å²) in [6, 6.07) is 14.9. The molecule has 3 aromatic carbocycles. The van der Waals surface area contributed by atoms with E-state index in [2.05, 4.69) is 5.32 Å². The average Bonchev–Trinajstić information content (AvgIpc) is 2.70. The zero-order valence-corrected chi connectivity index (χ0v) is 16.7. The van der Waals surface area contributed by atoms with Gasteiger partial charge in [0.25, 0.3) is 5.91 Å². The van der Waals surface area contributed by atoms with Crippen molar-refractivity contribution in [2.75, 3.05) is 5.32 Å². The van der Waals surface area contributed by atoms with Crippen molar-refractivity contribution in [3.05, 3.63) is 82.6 Å². The second-order valence-corrected chi connectivity index (χ2v) is 8.00. The third kappa shape index (κ3) is 4.93. The van der Waals surface area contributed by atoms with Crippen LogP contribution in [0, 0.1) is 17.1 Å². The van der Waals surface area contributed by atoms with E-state index in [0.717, 1.165) is 12.1 Å². The molecule has 0 aliphatic rings. The van der Waals surface area contributed by atoms with E-state index in [1.165, 1.54) is 48.5 Å². The topological polar surface area (TPSA) is 122 Å². The smallest absolute Gasteiger partial charge is 0.259 e. The zero-order chi connectivity index (χ0) is 21.9. The van der Waals surface area contributed by atoms with Crippen molar-refractivity contribution in [2.24, 2.45) is 5.14 Å². The van der Waals surface area contributed by atoms with Crippen molar-refractivity contribution in [1.82, 2.24) is 0 Å². The molecule has 0 aliphatic carbocycles. The highest BCUT2D eigenvalue weighted by molar-refractivity contribution is 7.89. The number of amides is 1. The van der Waals surface area contributed by atoms with Crippen LogP contribution >= 0.6 is 11.6 Å². The Balaban J connectivity index is 1.96. The molecular weight excluding hydrogens is 433 g/mol. The van der Waals surface area contributed by atoms with Crippen molar-refractivity contribution in [3.8, 4) is 17.6 Å². The van der Waals surface area contributed by atoms with Crippen LogP contribution in [0.4, 0.5) is 10.1 Å². The fourth-order valence-corrected chi connectivity index (χ4v) is 3.26. The minimum atomic E-state index is -3.96. The molecule has 0 saturated carbocycles. The lowest BCUT2D eigenvalue weighted by atomic mass is 10.1. The van der Waals surface area contributed by atoms with Crippen LogP contribution in [0.25, 0.3) is 0 Å². The van der Waals surface area contributed by atoms with E-state index in [9.17, 15) is 17.6 Å². The van der Waals surface area contributed by atoms with Crippen molar-refractivity contribution in [1.29, 1.82) is 5.26 Å². The number of hydrogen-bond acceptors (Lipinski definition) is 5. The number of halogens is 2. The molecule has 0 fully saturated rings. The molecule has 0 aromatic heterocycles. The number of nitrogens with one attached hydrogen (secondary N) is 1. The van der Waals surface area contributed by atoms with E-state index in [1.807, 2.05) is 6.07 Å². The van der Waals surface area contributed by atoms with E-state index in [0.29, 0.717) is 0 Å². The lowest BCUT2D eigenvalue weighted by Gasteiger charge is -2.13. The van der Waals surface area contributed by atoms with Gasteiger partial charge in [0.15, 0.2) is 0 Å². The molecule has 3 aromatic rings. The quantitative estimate of drug-likeness (QED) is 0.613. The second-order valence-electron chi connectivity index (χ2n) is 6.03. The Morgan fingerprint density at radius 3 is 2.50 bits per heavy atom. The Morgan fingerprint density at radius 1 is 1.10 bits per heavy atom. The number of benzene rings is 3. The van der Waals surface area contributed by atoms with E-state index >= 15 is 0 Å². The third-order valence-corrected chi connectivity index (χ3v) is 5.09. The molecule has 0 saturated heterocycles. The average molecular weight is 446 g/mol. The normalized spacial score (nSPS) is 10.9. The SMILES string of the molecule is N#Cc1ccc(Oc2ccc(F)cc2Cl)c(C(=O)Nc2cccc(S(N)(=O)=O)c2)c1. The number of primary sulfonamides is 1. The summed E-state index contributed by atoms with van der Waals surface area (Å²) in [6.45, 7) is 0. The Bertz CT molecular complexity index is 1290. The second kappa shape index (κ2) is 8.51. The number of sulfonamides is 1. The first kappa shape index (κ1) is 21.3. The van der Waals surface area contributed by atoms with Crippen LogP contribution < -0.4 is 15.2 Å². The molecule has 0 atom stereocenters. The summed E-state index contributed by atoms with van der Waals surface area (Å²) in [6.07, 6.45) is 0. The fourth-order valence-electron chi connectivity index (χ4n) is 2.49. The van der Waals surface area contributed by atoms with Crippen LogP contribution in [0.3, 0.4) is 0 Å². The summed E-state index contributed by atoms with van der Waals surface area (Å²) in [4.78, 5) is 12.6. The summed E-state index contributed by atoms with van der Waals surface area (Å²) in [5.74, 6) is -1.07. The van der Waals surface area contributed by atoms with Gasteiger partial charge in [-0.1, -0.05) is 17.7 Å². The molecule has 0 spiro atoms. The number of carbonyl (C=O) groups excluding carboxylic acids is 1. The molecule has 3 rings (SSSR count). The van der Waals surface area contributed by atoms with Crippen molar-refractivity contribution in [2.45, 2.75) is 4.90 Å². The molecule has 1 amide bonds. The van der Waals surface area contributed by atoms with E-state index < -0.39 is 21.7 Å². The predicted octanol–water partition coefficient (Wildman–Crippen LogP) is 4.04. The number of nitrogens with zero attached hydrogens (tertiary/aromatic N) is 1. The predicted molar refractivity (Wildman–Crippen MR) is 108 cm³/mol. The molecular formula is C20H13ClFN3O4S. The summed E-state index contributed by atoms with van der Waals surface area (Å²) >= 11 is 5.97. The lowest BCUT2D eigenvalue weighted by molar-refractivity contribution is 0.102. The van der Waals surface area contributed by atoms with Gasteiger partial charge < -0.3 is 10.1 Å². The van der Waals surface area contributed by atoms with Gasteiger partial charge in [0.1, 0.15) is 17.3 Å². The van der Waals surface area contributed by atoms with Crippen LogP contribution in [-0.2, 0) is 10.0 Å². The maximum Gasteiger partial charge on any atom is 0.259 e. The Kier molecular flexibility index (Phi) is 6.03. The Labute approximate surface area is 176 Å². The van der Waals surface area contributed by atoms with E-state index in [4.69, 9.17) is 26.7 Å². The molecule has 0 heterocycles. The molecule has 0 radical (unpaired) electrons. The van der Waals surface area contributed by atoms with Gasteiger partial charge in [0.05, 0.1) is 27.1 Å². The summed E-state index contributed by atoms with van der Waals surface area (Å²) < 4.78 is 41.9. The molecule has 10 heteroatoms. The minimum absolute atomic E-state index is 0.00780. The van der Waals surface area contributed by atoms with E-state index in [1.54, 1.807) is 0 Å². The highest BCUT2D eigenvalue weighted by Gasteiger charge is 2.17. The Morgan fingerprint density at radius 2 is 1.83 bits per heavy atom. The first-order chi connectivity index (χ1) is 14.2. The number of anilines is 1. The summed E-state index contributed by atoms with van der Waals surface area (Å²) in [5, 5.41) is 16.8. The minimum Gasteiger partial charge on any atom is -0.455 e. The molecule has 0 aliphatic heterocycles. The van der Waals surface area contributed by atoms with E-state index in [-0.39, 0.29) is 38.2 Å². The number of rotatable bonds is 5. The van der Waals surface area contributed by atoms with Crippen molar-refractivity contribution >= 4 is 33.2 Å². The van der Waals surface area contributed by atoms with Gasteiger partial charge >= 0.3 is 0 Å². The molecule has 0 bridgehead atoms. The number of carbonyl (C=O) groups is 1. The van der Waals surface area contributed by atoms with Gasteiger partial charge in [0, 0.05) is 5.69 Å². The summed E-state index contributed by atoms with van der Waals surface area (Å²) in [7, 11) is -3.96. The van der Waals surface area contributed by atoms with Crippen LogP contribution in [0.15, 0.2) is 65.6 Å². The molecule has 30 heavy (non-hydrogen) atoms. The maximum atomic E-state index is 13.3. The molecule has 0 unspecified atom stereocenters. The van der Waals surface area contributed by atoms with Crippen molar-refractivity contribution in [3.63, 3.8) is 0 Å². The van der Waals surface area contributed by atoms with Crippen molar-refractivity contribution < 1.29 is 22.3 Å². The molecule has 3 N–H and O–H groups in total. The van der Waals surface area contributed by atoms with Crippen LogP contribution in [0.1, 0.15) is 15.9 Å². The standard InChI is InChI=1S/C20H13ClFN3O4S/c21-17-9-13(22)5-7-19(17)29-18-6-4-12(11-23)8-16(18)20(26)25-14-2-1-3-15(10-14)30(24,27)28/h1-10H,(H,25,26)(H2,24,27,28). The Hall–Kier alpha value is -3.45. The van der Waals surface area contributed by atoms with Gasteiger partial charge in [-0.25, -0.2) is 17.9 Å². The first-order valence-electron chi connectivity index (χ1n) is 8.28. The van der Waals surface area contributed by atoms with Crippen LogP contribution in [0.2, 0.25) is 5.02 Å². The van der Waals surface area contributed by atoms with Gasteiger partial charge in [-0.05, 0) is 54.6 Å². The highest BCUT2D eigenvalue weighted by Crippen LogP contribution is 2.32. The number of hydrogen-bond donors (Lipinski definition) is 2. The highest BCUT2D eigenvalue weighted by atomic mass is 35.5. The van der Waals surface area contributed by atoms with Gasteiger partial charge in [0.2, 0.25) is 10.0 Å². The van der Waals surface area contributed by atoms with Crippen LogP contribution in [-0.4, -0.2) is 14.3 Å². The molecule has 7 nitrogen and oxygen atoms in total. The third-order valence-electron chi connectivity index (χ3n) is 3.89. The number of nitrogens with two attached hydrogens (primary N) is 1. The zero-order valence-electron chi connectivity index (χ0n) is 15.1. The fraction of sp³-hybridized carbons (Fsp3) is 0. The maximum absolute atomic E-state index is 13.3. The van der Waals surface area contributed by atoms with Gasteiger partial charge in [-0.2, -0.15) is 5.26 Å². The van der Waals surface area contributed by atoms with Gasteiger partial charge in [-0.15, -0.1) is 0 Å². The lowest BCUT2D eigenvalue weighted by Crippen LogP contribution is -2.15. The number of ether oxygens (including phenoxy) is 1. The largest absolute Gasteiger partial charge is 0.455 e.